The summed E-state index contributed by atoms with van der Waals surface area (Å²) >= 11 is 5.97. The summed E-state index contributed by atoms with van der Waals surface area (Å²) in [6.45, 7) is 5.49. The van der Waals surface area contributed by atoms with E-state index in [0.29, 0.717) is 16.4 Å². The zero-order valence-corrected chi connectivity index (χ0v) is 14.8. The Kier molecular flexibility index (Phi) is 5.72. The third-order valence-corrected chi connectivity index (χ3v) is 3.93. The predicted octanol–water partition coefficient (Wildman–Crippen LogP) is 3.64. The van der Waals surface area contributed by atoms with Crippen molar-refractivity contribution in [2.24, 2.45) is 5.92 Å². The van der Waals surface area contributed by atoms with Gasteiger partial charge in [-0.05, 0) is 37.1 Å². The van der Waals surface area contributed by atoms with E-state index in [0.717, 1.165) is 5.39 Å². The molecule has 0 aliphatic carbocycles. The van der Waals surface area contributed by atoms with Crippen molar-refractivity contribution in [2.45, 2.75) is 32.9 Å². The number of amides is 2. The number of carbonyl (C=O) groups is 2. The number of hydrogen-bond acceptors (Lipinski definition) is 4. The number of halogens is 1. The number of ether oxygens (including phenoxy) is 1. The molecule has 2 aromatic rings. The Labute approximate surface area is 145 Å². The summed E-state index contributed by atoms with van der Waals surface area (Å²) in [5.41, 5.74) is 0.698. The second-order valence-corrected chi connectivity index (χ2v) is 6.36. The smallest absolute Gasteiger partial charge is 0.407 e. The molecule has 2 atom stereocenters. The van der Waals surface area contributed by atoms with Crippen molar-refractivity contribution in [3.8, 4) is 0 Å². The van der Waals surface area contributed by atoms with Crippen LogP contribution in [0.15, 0.2) is 28.7 Å². The molecule has 0 saturated heterocycles. The molecule has 1 aromatic carbocycles. The Bertz CT molecular complexity index is 741. The minimum absolute atomic E-state index is 0.0919. The van der Waals surface area contributed by atoms with Gasteiger partial charge in [0.05, 0.1) is 13.2 Å². The summed E-state index contributed by atoms with van der Waals surface area (Å²) in [5.74, 6) is 0.216. The molecular formula is C17H21ClN2O4. The van der Waals surface area contributed by atoms with Crippen LogP contribution < -0.4 is 10.6 Å². The molecule has 24 heavy (non-hydrogen) atoms. The normalized spacial score (nSPS) is 13.6. The quantitative estimate of drug-likeness (QED) is 0.860. The Hall–Kier alpha value is -2.21. The maximum absolute atomic E-state index is 12.4. The lowest BCUT2D eigenvalue weighted by Crippen LogP contribution is -2.50. The Morgan fingerprint density at radius 1 is 1.17 bits per heavy atom. The summed E-state index contributed by atoms with van der Waals surface area (Å²) in [4.78, 5) is 23.8. The highest BCUT2D eigenvalue weighted by Crippen LogP contribution is 2.26. The van der Waals surface area contributed by atoms with Gasteiger partial charge in [-0.3, -0.25) is 4.79 Å². The van der Waals surface area contributed by atoms with Gasteiger partial charge in [-0.1, -0.05) is 25.4 Å². The maximum Gasteiger partial charge on any atom is 0.407 e. The first kappa shape index (κ1) is 18.1. The predicted molar refractivity (Wildman–Crippen MR) is 91.9 cm³/mol. The summed E-state index contributed by atoms with van der Waals surface area (Å²) in [7, 11) is 1.26. The number of hydrogen-bond donors (Lipinski definition) is 2. The van der Waals surface area contributed by atoms with Gasteiger partial charge in [0.15, 0.2) is 0 Å². The molecule has 0 bridgehead atoms. The summed E-state index contributed by atoms with van der Waals surface area (Å²) in [5, 5.41) is 6.87. The van der Waals surface area contributed by atoms with Crippen molar-refractivity contribution in [1.82, 2.24) is 10.6 Å². The topological polar surface area (TPSA) is 80.6 Å². The van der Waals surface area contributed by atoms with E-state index in [9.17, 15) is 9.59 Å². The first-order valence-corrected chi connectivity index (χ1v) is 8.03. The SMILES string of the molecule is COC(=O)N[C@H](C(=O)NC(C)c1cc2cc(Cl)ccc2o1)C(C)C. The lowest BCUT2D eigenvalue weighted by atomic mass is 10.0. The van der Waals surface area contributed by atoms with Gasteiger partial charge in [-0.25, -0.2) is 4.79 Å². The van der Waals surface area contributed by atoms with Crippen LogP contribution in [0.2, 0.25) is 5.02 Å². The number of nitrogens with one attached hydrogen (secondary N) is 2. The Morgan fingerprint density at radius 2 is 1.88 bits per heavy atom. The third kappa shape index (κ3) is 4.20. The van der Waals surface area contributed by atoms with Crippen LogP contribution in [0.3, 0.4) is 0 Å². The first-order valence-electron chi connectivity index (χ1n) is 7.65. The minimum Gasteiger partial charge on any atom is -0.459 e. The molecule has 2 amide bonds. The van der Waals surface area contributed by atoms with Crippen LogP contribution in [-0.2, 0) is 9.53 Å². The summed E-state index contributed by atoms with van der Waals surface area (Å²) in [6.07, 6.45) is -0.644. The Morgan fingerprint density at radius 3 is 2.50 bits per heavy atom. The molecule has 7 heteroatoms. The van der Waals surface area contributed by atoms with Gasteiger partial charge in [-0.15, -0.1) is 0 Å². The van der Waals surface area contributed by atoms with Gasteiger partial charge < -0.3 is 19.8 Å². The minimum atomic E-state index is -0.696. The van der Waals surface area contributed by atoms with E-state index in [4.69, 9.17) is 16.0 Å². The molecule has 0 spiro atoms. The van der Waals surface area contributed by atoms with Gasteiger partial charge >= 0.3 is 6.09 Å². The third-order valence-electron chi connectivity index (χ3n) is 3.69. The fourth-order valence-corrected chi connectivity index (χ4v) is 2.52. The lowest BCUT2D eigenvalue weighted by Gasteiger charge is -2.22. The molecule has 1 aromatic heterocycles. The maximum atomic E-state index is 12.4. The van der Waals surface area contributed by atoms with Crippen molar-refractivity contribution in [2.75, 3.05) is 7.11 Å². The molecule has 0 aliphatic heterocycles. The average Bonchev–Trinajstić information content (AvgIpc) is 2.94. The van der Waals surface area contributed by atoms with Gasteiger partial charge in [-0.2, -0.15) is 0 Å². The van der Waals surface area contributed by atoms with Crippen LogP contribution in [-0.4, -0.2) is 25.2 Å². The van der Waals surface area contributed by atoms with E-state index >= 15 is 0 Å². The van der Waals surface area contributed by atoms with Crippen molar-refractivity contribution in [1.29, 1.82) is 0 Å². The van der Waals surface area contributed by atoms with Crippen LogP contribution in [0.25, 0.3) is 11.0 Å². The van der Waals surface area contributed by atoms with E-state index in [2.05, 4.69) is 15.4 Å². The highest BCUT2D eigenvalue weighted by molar-refractivity contribution is 6.31. The molecule has 2 rings (SSSR count). The van der Waals surface area contributed by atoms with Crippen molar-refractivity contribution in [3.63, 3.8) is 0 Å². The zero-order chi connectivity index (χ0) is 17.9. The zero-order valence-electron chi connectivity index (χ0n) is 14.1. The van der Waals surface area contributed by atoms with Crippen molar-refractivity contribution in [3.05, 3.63) is 35.0 Å². The molecule has 6 nitrogen and oxygen atoms in total. The van der Waals surface area contributed by atoms with E-state index < -0.39 is 12.1 Å². The lowest BCUT2D eigenvalue weighted by molar-refractivity contribution is -0.124. The van der Waals surface area contributed by atoms with E-state index in [1.807, 2.05) is 26.8 Å². The molecule has 1 unspecified atom stereocenters. The number of carbonyl (C=O) groups excluding carboxylic acids is 2. The molecule has 0 fully saturated rings. The number of benzene rings is 1. The van der Waals surface area contributed by atoms with Crippen LogP contribution in [0.1, 0.15) is 32.6 Å². The van der Waals surface area contributed by atoms with Crippen LogP contribution in [0.4, 0.5) is 4.79 Å². The number of rotatable bonds is 5. The number of alkyl carbamates (subject to hydrolysis) is 1. The molecular weight excluding hydrogens is 332 g/mol. The largest absolute Gasteiger partial charge is 0.459 e. The van der Waals surface area contributed by atoms with Gasteiger partial charge in [0, 0.05) is 10.4 Å². The fraction of sp³-hybridized carbons (Fsp3) is 0.412. The van der Waals surface area contributed by atoms with Gasteiger partial charge in [0.25, 0.3) is 0 Å². The van der Waals surface area contributed by atoms with E-state index in [1.54, 1.807) is 18.2 Å². The van der Waals surface area contributed by atoms with E-state index in [1.165, 1.54) is 7.11 Å². The highest BCUT2D eigenvalue weighted by atomic mass is 35.5. The Balaban J connectivity index is 2.11. The van der Waals surface area contributed by atoms with Crippen molar-refractivity contribution >= 4 is 34.6 Å². The standard InChI is InChI=1S/C17H21ClN2O4/c1-9(2)15(20-17(22)23-4)16(21)19-10(3)14-8-11-7-12(18)5-6-13(11)24-14/h5-10,15H,1-4H3,(H,19,21)(H,20,22)/t10?,15-/m0/s1. The van der Waals surface area contributed by atoms with Crippen LogP contribution in [0, 0.1) is 5.92 Å². The average molecular weight is 353 g/mol. The molecule has 0 radical (unpaired) electrons. The molecule has 130 valence electrons. The highest BCUT2D eigenvalue weighted by Gasteiger charge is 2.26. The molecule has 1 heterocycles. The first-order chi connectivity index (χ1) is 11.3. The summed E-state index contributed by atoms with van der Waals surface area (Å²) < 4.78 is 10.3. The van der Waals surface area contributed by atoms with E-state index in [-0.39, 0.29) is 17.9 Å². The van der Waals surface area contributed by atoms with Gasteiger partial charge in [0.2, 0.25) is 5.91 Å². The molecule has 2 N–H and O–H groups in total. The molecule has 0 saturated carbocycles. The number of furan rings is 1. The second kappa shape index (κ2) is 7.57. The summed E-state index contributed by atoms with van der Waals surface area (Å²) in [6, 6.07) is 6.11. The number of fused-ring (bicyclic) bond motifs is 1. The second-order valence-electron chi connectivity index (χ2n) is 5.92. The van der Waals surface area contributed by atoms with Crippen LogP contribution >= 0.6 is 11.6 Å². The fourth-order valence-electron chi connectivity index (χ4n) is 2.34. The molecule has 0 aliphatic rings. The van der Waals surface area contributed by atoms with Crippen LogP contribution in [0.5, 0.6) is 0 Å². The van der Waals surface area contributed by atoms with Gasteiger partial charge in [0.1, 0.15) is 17.4 Å². The monoisotopic (exact) mass is 352 g/mol. The van der Waals surface area contributed by atoms with Crippen molar-refractivity contribution < 1.29 is 18.7 Å². The number of methoxy groups -OCH3 is 1.